The standard InChI is InChI=1S/C12H10.C6H14.2CHNO/c1-3-7-11(8-4-1)12-9-5-2-6-10-12;1-3-5-6-4-2;2*2-1-3/h1-10H;3-6H2,1-2H3;2*2H. The van der Waals surface area contributed by atoms with Crippen LogP contribution in [0.15, 0.2) is 60.7 Å². The molecule has 24 heavy (non-hydrogen) atoms. The van der Waals surface area contributed by atoms with E-state index in [1.54, 1.807) is 0 Å². The van der Waals surface area contributed by atoms with Gasteiger partial charge >= 0.3 is 0 Å². The molecule has 128 valence electrons. The lowest BCUT2D eigenvalue weighted by Crippen LogP contribution is -1.73. The Morgan fingerprint density at radius 2 is 0.917 bits per heavy atom. The summed E-state index contributed by atoms with van der Waals surface area (Å²) < 4.78 is 0. The quantitative estimate of drug-likeness (QED) is 0.426. The molecule has 0 saturated heterocycles. The number of unbranched alkanes of at least 4 members (excludes halogenated alkanes) is 3. The summed E-state index contributed by atoms with van der Waals surface area (Å²) in [5.74, 6) is 0. The molecule has 0 aliphatic rings. The Morgan fingerprint density at radius 3 is 1.12 bits per heavy atom. The van der Waals surface area contributed by atoms with Gasteiger partial charge in [-0.15, -0.1) is 0 Å². The van der Waals surface area contributed by atoms with E-state index in [0.717, 1.165) is 12.2 Å². The molecule has 0 spiro atoms. The van der Waals surface area contributed by atoms with Gasteiger partial charge in [0.25, 0.3) is 0 Å². The lowest BCUT2D eigenvalue weighted by molar-refractivity contribution is 0.562. The summed E-state index contributed by atoms with van der Waals surface area (Å²) in [6, 6.07) is 20.8. The van der Waals surface area contributed by atoms with Gasteiger partial charge in [-0.1, -0.05) is 100 Å². The van der Waals surface area contributed by atoms with Crippen molar-refractivity contribution in [2.24, 2.45) is 0 Å². The van der Waals surface area contributed by atoms with Crippen molar-refractivity contribution in [2.75, 3.05) is 0 Å². The first-order chi connectivity index (χ1) is 11.7. The van der Waals surface area contributed by atoms with Crippen molar-refractivity contribution in [3.8, 4) is 11.1 Å². The third kappa shape index (κ3) is 15.6. The van der Waals surface area contributed by atoms with Crippen molar-refractivity contribution in [1.29, 1.82) is 10.8 Å². The van der Waals surface area contributed by atoms with Crippen molar-refractivity contribution in [3.63, 3.8) is 0 Å². The van der Waals surface area contributed by atoms with Crippen molar-refractivity contribution in [1.82, 2.24) is 0 Å². The van der Waals surface area contributed by atoms with E-state index < -0.39 is 0 Å². The molecule has 2 rings (SSSR count). The smallest absolute Gasteiger partial charge is 0.222 e. The summed E-state index contributed by atoms with van der Waals surface area (Å²) in [5.41, 5.74) is 2.55. The predicted molar refractivity (Wildman–Crippen MR) is 98.5 cm³/mol. The van der Waals surface area contributed by atoms with Crippen LogP contribution in [0.4, 0.5) is 0 Å². The van der Waals surface area contributed by atoms with Gasteiger partial charge in [-0.2, -0.15) is 0 Å². The van der Waals surface area contributed by atoms with Gasteiger partial charge in [-0.25, -0.2) is 20.4 Å². The van der Waals surface area contributed by atoms with Gasteiger partial charge in [-0.05, 0) is 11.1 Å². The highest BCUT2D eigenvalue weighted by Gasteiger charge is 1.91. The zero-order chi connectivity index (χ0) is 18.5. The second-order valence-corrected chi connectivity index (χ2v) is 4.64. The molecule has 4 heteroatoms. The maximum absolute atomic E-state index is 8.35. The summed E-state index contributed by atoms with van der Waals surface area (Å²) in [5, 5.41) is 10.8. The highest BCUT2D eigenvalue weighted by Crippen LogP contribution is 2.17. The first kappa shape index (κ1) is 23.5. The molecular weight excluding hydrogens is 300 g/mol. The molecule has 0 radical (unpaired) electrons. The largest absolute Gasteiger partial charge is 0.231 e. The van der Waals surface area contributed by atoms with Crippen molar-refractivity contribution >= 4 is 12.2 Å². The summed E-state index contributed by atoms with van der Waals surface area (Å²) in [7, 11) is 0. The Bertz CT molecular complexity index is 503. The van der Waals surface area contributed by atoms with Gasteiger partial charge in [0, 0.05) is 0 Å². The van der Waals surface area contributed by atoms with E-state index in [9.17, 15) is 0 Å². The number of hydrogen-bond donors (Lipinski definition) is 2. The lowest BCUT2D eigenvalue weighted by atomic mass is 10.1. The normalized spacial score (nSPS) is 7.75. The minimum atomic E-state index is 0.750. The molecule has 0 heterocycles. The van der Waals surface area contributed by atoms with Crippen LogP contribution in [0.25, 0.3) is 11.1 Å². The number of hydrogen-bond acceptors (Lipinski definition) is 4. The van der Waals surface area contributed by atoms with Crippen molar-refractivity contribution in [2.45, 2.75) is 39.5 Å². The number of isocyanates is 2. The summed E-state index contributed by atoms with van der Waals surface area (Å²) in [4.78, 5) is 16.7. The highest BCUT2D eigenvalue weighted by atomic mass is 16.1. The molecule has 0 aliphatic carbocycles. The molecule has 2 aromatic rings. The number of carbonyl (C=O) groups excluding carboxylic acids is 2. The molecule has 0 saturated carbocycles. The molecule has 0 atom stereocenters. The minimum Gasteiger partial charge on any atom is -0.222 e. The fraction of sp³-hybridized carbons (Fsp3) is 0.300. The Balaban J connectivity index is 0. The van der Waals surface area contributed by atoms with Crippen molar-refractivity contribution in [3.05, 3.63) is 60.7 Å². The summed E-state index contributed by atoms with van der Waals surface area (Å²) in [6.45, 7) is 4.46. The van der Waals surface area contributed by atoms with Gasteiger partial charge in [0.2, 0.25) is 12.2 Å². The molecule has 0 bridgehead atoms. The SMILES string of the molecule is CCCCCC.N=C=O.N=C=O.c1ccc(-c2ccccc2)cc1. The highest BCUT2D eigenvalue weighted by molar-refractivity contribution is 5.62. The molecule has 4 nitrogen and oxygen atoms in total. The maximum Gasteiger partial charge on any atom is 0.231 e. The van der Waals surface area contributed by atoms with E-state index in [4.69, 9.17) is 20.4 Å². The Kier molecular flexibility index (Phi) is 19.8. The molecule has 2 N–H and O–H groups in total. The van der Waals surface area contributed by atoms with E-state index in [2.05, 4.69) is 62.4 Å². The van der Waals surface area contributed by atoms with Gasteiger partial charge < -0.3 is 0 Å². The monoisotopic (exact) mass is 326 g/mol. The van der Waals surface area contributed by atoms with E-state index >= 15 is 0 Å². The van der Waals surface area contributed by atoms with Crippen LogP contribution < -0.4 is 0 Å². The average Bonchev–Trinajstić information content (AvgIpc) is 2.63. The number of nitrogens with one attached hydrogen (secondary N) is 2. The molecule has 0 unspecified atom stereocenters. The second-order valence-electron chi connectivity index (χ2n) is 4.64. The van der Waals surface area contributed by atoms with Gasteiger partial charge in [-0.3, -0.25) is 0 Å². The average molecular weight is 326 g/mol. The Labute approximate surface area is 144 Å². The Morgan fingerprint density at radius 1 is 0.667 bits per heavy atom. The first-order valence-corrected chi connectivity index (χ1v) is 7.89. The zero-order valence-electron chi connectivity index (χ0n) is 14.4. The third-order valence-electron chi connectivity index (χ3n) is 2.84. The van der Waals surface area contributed by atoms with Crippen molar-refractivity contribution < 1.29 is 9.59 Å². The van der Waals surface area contributed by atoms with Crippen LogP contribution in [0.1, 0.15) is 39.5 Å². The second kappa shape index (κ2) is 20.2. The number of rotatable bonds is 4. The summed E-state index contributed by atoms with van der Waals surface area (Å²) in [6.07, 6.45) is 7.04. The molecule has 0 amide bonds. The van der Waals surface area contributed by atoms with Crippen LogP contribution in [0.2, 0.25) is 0 Å². The fourth-order valence-corrected chi connectivity index (χ4v) is 1.76. The van der Waals surface area contributed by atoms with E-state index in [1.807, 2.05) is 12.1 Å². The minimum absolute atomic E-state index is 0.750. The van der Waals surface area contributed by atoms with E-state index in [1.165, 1.54) is 36.8 Å². The van der Waals surface area contributed by atoms with Crippen LogP contribution >= 0.6 is 0 Å². The zero-order valence-corrected chi connectivity index (χ0v) is 14.4. The van der Waals surface area contributed by atoms with Gasteiger partial charge in [0.05, 0.1) is 0 Å². The topological polar surface area (TPSA) is 81.8 Å². The third-order valence-corrected chi connectivity index (χ3v) is 2.84. The van der Waals surface area contributed by atoms with Gasteiger partial charge in [0.15, 0.2) is 0 Å². The maximum atomic E-state index is 8.35. The Hall–Kier alpha value is -2.80. The molecule has 0 fully saturated rings. The van der Waals surface area contributed by atoms with E-state index in [-0.39, 0.29) is 0 Å². The molecule has 2 aromatic carbocycles. The van der Waals surface area contributed by atoms with Crippen LogP contribution in [0.5, 0.6) is 0 Å². The molecule has 0 aliphatic heterocycles. The summed E-state index contributed by atoms with van der Waals surface area (Å²) >= 11 is 0. The molecular formula is C20H26N2O2. The van der Waals surface area contributed by atoms with Crippen LogP contribution in [-0.2, 0) is 9.59 Å². The van der Waals surface area contributed by atoms with Crippen LogP contribution in [-0.4, -0.2) is 12.2 Å². The molecule has 0 aromatic heterocycles. The number of benzene rings is 2. The fourth-order valence-electron chi connectivity index (χ4n) is 1.76. The lowest BCUT2D eigenvalue weighted by Gasteiger charge is -1.98. The van der Waals surface area contributed by atoms with Crippen LogP contribution in [0, 0.1) is 10.8 Å². The predicted octanol–water partition coefficient (Wildman–Crippen LogP) is 5.74. The van der Waals surface area contributed by atoms with Gasteiger partial charge in [0.1, 0.15) is 0 Å². The van der Waals surface area contributed by atoms with E-state index in [0.29, 0.717) is 0 Å². The first-order valence-electron chi connectivity index (χ1n) is 7.89. The van der Waals surface area contributed by atoms with Crippen LogP contribution in [0.3, 0.4) is 0 Å².